The molecule has 4 heteroatoms. The van der Waals surface area contributed by atoms with E-state index in [-0.39, 0.29) is 6.04 Å². The molecule has 0 amide bonds. The Hall–Kier alpha value is -2.36. The molecule has 2 aromatic carbocycles. The van der Waals surface area contributed by atoms with Crippen molar-refractivity contribution in [2.24, 2.45) is 5.92 Å². The topological polar surface area (TPSA) is 34.0 Å². The van der Waals surface area contributed by atoms with Gasteiger partial charge in [-0.25, -0.2) is 4.68 Å². The van der Waals surface area contributed by atoms with E-state index in [1.165, 1.54) is 36.2 Å². The van der Waals surface area contributed by atoms with Crippen LogP contribution in [0.5, 0.6) is 0 Å². The third-order valence-electron chi connectivity index (χ3n) is 5.35. The summed E-state index contributed by atoms with van der Waals surface area (Å²) in [7, 11) is 0. The second-order valence-electron chi connectivity index (χ2n) is 6.85. The zero-order valence-corrected chi connectivity index (χ0v) is 13.3. The van der Waals surface area contributed by atoms with Crippen molar-refractivity contribution in [2.75, 3.05) is 18.0 Å². The summed E-state index contributed by atoms with van der Waals surface area (Å²) in [6.07, 6.45) is 2.46. The van der Waals surface area contributed by atoms with Crippen molar-refractivity contribution in [3.8, 4) is 0 Å². The molecular formula is C19H20N4. The van der Waals surface area contributed by atoms with E-state index in [1.807, 2.05) is 12.1 Å². The van der Waals surface area contributed by atoms with Crippen LogP contribution in [-0.2, 0) is 6.42 Å². The van der Waals surface area contributed by atoms with E-state index in [2.05, 4.69) is 57.1 Å². The molecule has 5 rings (SSSR count). The minimum atomic E-state index is 0.270. The van der Waals surface area contributed by atoms with Crippen LogP contribution < -0.4 is 4.90 Å². The van der Waals surface area contributed by atoms with Gasteiger partial charge in [-0.1, -0.05) is 42.5 Å². The van der Waals surface area contributed by atoms with Crippen LogP contribution >= 0.6 is 0 Å². The van der Waals surface area contributed by atoms with Crippen LogP contribution in [0.3, 0.4) is 0 Å². The Kier molecular flexibility index (Phi) is 2.75. The fraction of sp³-hybridized carbons (Fsp3) is 0.368. The first-order valence-electron chi connectivity index (χ1n) is 8.49. The number of anilines is 1. The van der Waals surface area contributed by atoms with Gasteiger partial charge in [-0.05, 0) is 30.5 Å². The molecule has 4 nitrogen and oxygen atoms in total. The molecule has 2 aliphatic heterocycles. The van der Waals surface area contributed by atoms with Crippen molar-refractivity contribution in [3.05, 3.63) is 53.6 Å². The smallest absolute Gasteiger partial charge is 0.113 e. The molecule has 1 aromatic heterocycles. The maximum atomic E-state index is 4.51. The molecule has 2 aliphatic rings. The van der Waals surface area contributed by atoms with Gasteiger partial charge in [0, 0.05) is 30.3 Å². The molecule has 2 atom stereocenters. The van der Waals surface area contributed by atoms with Crippen LogP contribution in [0.1, 0.15) is 30.5 Å². The third-order valence-corrected chi connectivity index (χ3v) is 5.35. The van der Waals surface area contributed by atoms with Crippen molar-refractivity contribution >= 4 is 16.7 Å². The Morgan fingerprint density at radius 3 is 2.96 bits per heavy atom. The predicted octanol–water partition coefficient (Wildman–Crippen LogP) is 3.42. The summed E-state index contributed by atoms with van der Waals surface area (Å²) >= 11 is 0. The molecule has 0 radical (unpaired) electrons. The first-order valence-corrected chi connectivity index (χ1v) is 8.49. The van der Waals surface area contributed by atoms with E-state index in [1.54, 1.807) is 0 Å². The Balaban J connectivity index is 1.74. The molecule has 0 N–H and O–H groups in total. The molecule has 0 saturated carbocycles. The fourth-order valence-electron chi connectivity index (χ4n) is 4.41. The quantitative estimate of drug-likeness (QED) is 0.691. The van der Waals surface area contributed by atoms with Gasteiger partial charge in [-0.2, -0.15) is 0 Å². The lowest BCUT2D eigenvalue weighted by atomic mass is 9.84. The number of aromatic nitrogens is 3. The molecule has 3 heterocycles. The number of benzene rings is 2. The maximum absolute atomic E-state index is 4.51. The largest absolute Gasteiger partial charge is 0.371 e. The van der Waals surface area contributed by atoms with Crippen molar-refractivity contribution in [1.82, 2.24) is 15.0 Å². The average molecular weight is 304 g/mol. The molecule has 116 valence electrons. The lowest BCUT2D eigenvalue weighted by Crippen LogP contribution is -2.42. The van der Waals surface area contributed by atoms with Gasteiger partial charge < -0.3 is 4.90 Å². The van der Waals surface area contributed by atoms with E-state index in [4.69, 9.17) is 0 Å². The van der Waals surface area contributed by atoms with E-state index in [0.717, 1.165) is 17.6 Å². The summed E-state index contributed by atoms with van der Waals surface area (Å²) in [5.74, 6) is 0.515. The van der Waals surface area contributed by atoms with Gasteiger partial charge in [0.25, 0.3) is 0 Å². The Morgan fingerprint density at radius 2 is 2.00 bits per heavy atom. The summed E-state index contributed by atoms with van der Waals surface area (Å²) in [6.45, 7) is 4.62. The maximum Gasteiger partial charge on any atom is 0.113 e. The van der Waals surface area contributed by atoms with Crippen LogP contribution in [0.4, 0.5) is 5.69 Å². The third kappa shape index (κ3) is 1.84. The Bertz CT molecular complexity index is 882. The highest BCUT2D eigenvalue weighted by molar-refractivity contribution is 5.75. The van der Waals surface area contributed by atoms with Crippen molar-refractivity contribution < 1.29 is 0 Å². The lowest BCUT2D eigenvalue weighted by Gasteiger charge is -2.43. The zero-order valence-electron chi connectivity index (χ0n) is 13.3. The standard InChI is InChI=1S/C19H20N4/c1-13-12-22-11-5-7-14-6-4-8-15(19(14)22)18(13)23-17-10-3-2-9-16(17)20-21-23/h2-4,6,8-10,13,18H,5,7,11-12H2,1H3/t13-,18+/m0/s1. The van der Waals surface area contributed by atoms with Crippen LogP contribution in [0.15, 0.2) is 42.5 Å². The van der Waals surface area contributed by atoms with Gasteiger partial charge in [0.2, 0.25) is 0 Å². The number of fused-ring (bicyclic) bond motifs is 1. The van der Waals surface area contributed by atoms with E-state index < -0.39 is 0 Å². The summed E-state index contributed by atoms with van der Waals surface area (Å²) in [4.78, 5) is 2.58. The normalized spacial score (nSPS) is 23.1. The van der Waals surface area contributed by atoms with E-state index in [9.17, 15) is 0 Å². The minimum Gasteiger partial charge on any atom is -0.371 e. The number of para-hydroxylation sites is 2. The number of hydrogen-bond acceptors (Lipinski definition) is 3. The first-order chi connectivity index (χ1) is 11.3. The molecular weight excluding hydrogens is 284 g/mol. The minimum absolute atomic E-state index is 0.270. The van der Waals surface area contributed by atoms with Crippen LogP contribution in [-0.4, -0.2) is 28.1 Å². The van der Waals surface area contributed by atoms with Crippen molar-refractivity contribution in [1.29, 1.82) is 0 Å². The van der Waals surface area contributed by atoms with Crippen molar-refractivity contribution in [3.63, 3.8) is 0 Å². The number of nitrogens with zero attached hydrogens (tertiary/aromatic N) is 4. The van der Waals surface area contributed by atoms with Gasteiger partial charge in [0.05, 0.1) is 11.6 Å². The van der Waals surface area contributed by atoms with E-state index >= 15 is 0 Å². The summed E-state index contributed by atoms with van der Waals surface area (Å²) < 4.78 is 2.14. The first kappa shape index (κ1) is 13.1. The zero-order chi connectivity index (χ0) is 15.4. The van der Waals surface area contributed by atoms with Gasteiger partial charge in [-0.3, -0.25) is 0 Å². The number of aryl methyl sites for hydroxylation is 1. The van der Waals surface area contributed by atoms with Gasteiger partial charge in [-0.15, -0.1) is 5.10 Å². The number of hydrogen-bond donors (Lipinski definition) is 0. The summed E-state index contributed by atoms with van der Waals surface area (Å²) in [6, 6.07) is 15.3. The Morgan fingerprint density at radius 1 is 1.09 bits per heavy atom. The fourth-order valence-corrected chi connectivity index (χ4v) is 4.41. The summed E-state index contributed by atoms with van der Waals surface area (Å²) in [5.41, 5.74) is 6.48. The second-order valence-corrected chi connectivity index (χ2v) is 6.85. The average Bonchev–Trinajstić information content (AvgIpc) is 2.99. The molecule has 0 aliphatic carbocycles. The SMILES string of the molecule is C[C@H]1CN2CCCc3cccc(c32)[C@@H]1n1nnc2ccccc21. The molecule has 0 spiro atoms. The molecule has 3 aromatic rings. The highest BCUT2D eigenvalue weighted by Crippen LogP contribution is 2.43. The molecule has 0 saturated heterocycles. The van der Waals surface area contributed by atoms with Gasteiger partial charge in [0.15, 0.2) is 0 Å². The molecule has 23 heavy (non-hydrogen) atoms. The van der Waals surface area contributed by atoms with Crippen LogP contribution in [0.25, 0.3) is 11.0 Å². The van der Waals surface area contributed by atoms with Crippen molar-refractivity contribution in [2.45, 2.75) is 25.8 Å². The van der Waals surface area contributed by atoms with Crippen LogP contribution in [0, 0.1) is 5.92 Å². The van der Waals surface area contributed by atoms with Gasteiger partial charge >= 0.3 is 0 Å². The van der Waals surface area contributed by atoms with Crippen LogP contribution in [0.2, 0.25) is 0 Å². The second kappa shape index (κ2) is 4.82. The molecule has 0 unspecified atom stereocenters. The number of rotatable bonds is 1. The lowest BCUT2D eigenvalue weighted by molar-refractivity contribution is 0.357. The monoisotopic (exact) mass is 304 g/mol. The molecule has 0 fully saturated rings. The van der Waals surface area contributed by atoms with E-state index in [0.29, 0.717) is 5.92 Å². The summed E-state index contributed by atoms with van der Waals surface area (Å²) in [5, 5.41) is 8.89. The van der Waals surface area contributed by atoms with Gasteiger partial charge in [0.1, 0.15) is 5.52 Å². The highest BCUT2D eigenvalue weighted by Gasteiger charge is 2.35. The highest BCUT2D eigenvalue weighted by atomic mass is 15.4. The Labute approximate surface area is 135 Å². The molecule has 0 bridgehead atoms. The predicted molar refractivity (Wildman–Crippen MR) is 91.8 cm³/mol.